The van der Waals surface area contributed by atoms with Crippen LogP contribution in [-0.4, -0.2) is 27.3 Å². The Balaban J connectivity index is 2.11. The van der Waals surface area contributed by atoms with Crippen molar-refractivity contribution in [3.63, 3.8) is 0 Å². The Morgan fingerprint density at radius 1 is 1.30 bits per heavy atom. The highest BCUT2D eigenvalue weighted by atomic mass is 79.9. The number of rotatable bonds is 5. The molecule has 0 fully saturated rings. The lowest BCUT2D eigenvalue weighted by Gasteiger charge is -2.11. The van der Waals surface area contributed by atoms with E-state index in [4.69, 9.17) is 5.11 Å². The van der Waals surface area contributed by atoms with E-state index in [2.05, 4.69) is 31.4 Å². The highest BCUT2D eigenvalue weighted by molar-refractivity contribution is 9.10. The molecule has 1 heterocycles. The maximum Gasteiger partial charge on any atom is 0.305 e. The van der Waals surface area contributed by atoms with Gasteiger partial charge < -0.3 is 10.4 Å². The smallest absolute Gasteiger partial charge is 0.305 e. The Hall–Kier alpha value is -1.95. The van der Waals surface area contributed by atoms with Crippen LogP contribution in [0.15, 0.2) is 40.9 Å². The number of carboxylic acid groups (broad SMARTS) is 1. The van der Waals surface area contributed by atoms with Crippen molar-refractivity contribution in [3.8, 4) is 11.3 Å². The molecule has 0 aliphatic carbocycles. The molecule has 1 atom stereocenters. The molecule has 1 unspecified atom stereocenters. The summed E-state index contributed by atoms with van der Waals surface area (Å²) in [5.41, 5.74) is 1.72. The Labute approximate surface area is 125 Å². The molecule has 0 bridgehead atoms. The van der Waals surface area contributed by atoms with E-state index < -0.39 is 5.97 Å². The fourth-order valence-corrected chi connectivity index (χ4v) is 2.28. The van der Waals surface area contributed by atoms with E-state index in [1.807, 2.05) is 30.3 Å². The molecule has 1 aromatic carbocycles. The molecule has 0 radical (unpaired) electrons. The number of nitrogens with zero attached hydrogens (tertiary/aromatic N) is 2. The third-order valence-corrected chi connectivity index (χ3v) is 3.38. The summed E-state index contributed by atoms with van der Waals surface area (Å²) < 4.78 is 0.953. The summed E-state index contributed by atoms with van der Waals surface area (Å²) in [5, 5.41) is 19.9. The Bertz CT molecular complexity index is 602. The average molecular weight is 336 g/mol. The summed E-state index contributed by atoms with van der Waals surface area (Å²) in [4.78, 5) is 10.6. The van der Waals surface area contributed by atoms with E-state index in [-0.39, 0.29) is 12.5 Å². The fraction of sp³-hybridized carbons (Fsp3) is 0.214. The van der Waals surface area contributed by atoms with Gasteiger partial charge >= 0.3 is 5.97 Å². The minimum atomic E-state index is -0.845. The summed E-state index contributed by atoms with van der Waals surface area (Å²) in [6.07, 6.45) is 0.0354. The zero-order valence-corrected chi connectivity index (χ0v) is 12.5. The molecular weight excluding hydrogens is 322 g/mol. The second-order valence-electron chi connectivity index (χ2n) is 4.43. The highest BCUT2D eigenvalue weighted by Gasteiger charge is 2.09. The standard InChI is InChI=1S/C14H14BrN3O2/c1-9(8-14(19)20)16-13-7-6-12(17-18-13)10-4-2-3-5-11(10)15/h2-7,9H,8H2,1H3,(H,16,18)(H,19,20). The summed E-state index contributed by atoms with van der Waals surface area (Å²) in [7, 11) is 0. The van der Waals surface area contributed by atoms with Crippen molar-refractivity contribution in [1.29, 1.82) is 0 Å². The van der Waals surface area contributed by atoms with Crippen molar-refractivity contribution in [2.24, 2.45) is 0 Å². The molecule has 6 heteroatoms. The number of benzene rings is 1. The van der Waals surface area contributed by atoms with Gasteiger partial charge in [0.05, 0.1) is 12.1 Å². The summed E-state index contributed by atoms with van der Waals surface area (Å²) in [5.74, 6) is -0.280. The molecule has 104 valence electrons. The molecule has 0 amide bonds. The normalized spacial score (nSPS) is 11.9. The molecule has 0 aliphatic heterocycles. The largest absolute Gasteiger partial charge is 0.481 e. The molecule has 2 aromatic rings. The second kappa shape index (κ2) is 6.47. The van der Waals surface area contributed by atoms with Crippen molar-refractivity contribution in [1.82, 2.24) is 10.2 Å². The Kier molecular flexibility index (Phi) is 4.68. The van der Waals surface area contributed by atoms with Gasteiger partial charge in [-0.05, 0) is 25.1 Å². The van der Waals surface area contributed by atoms with Gasteiger partial charge in [0.15, 0.2) is 0 Å². The van der Waals surface area contributed by atoms with Crippen LogP contribution in [0.2, 0.25) is 0 Å². The predicted octanol–water partition coefficient (Wildman–Crippen LogP) is 3.18. The Morgan fingerprint density at radius 2 is 2.05 bits per heavy atom. The van der Waals surface area contributed by atoms with Crippen LogP contribution in [0.3, 0.4) is 0 Å². The number of halogens is 1. The molecule has 1 aromatic heterocycles. The zero-order chi connectivity index (χ0) is 14.5. The minimum Gasteiger partial charge on any atom is -0.481 e. The van der Waals surface area contributed by atoms with Crippen molar-refractivity contribution in [2.45, 2.75) is 19.4 Å². The maximum absolute atomic E-state index is 10.6. The SMILES string of the molecule is CC(CC(=O)O)Nc1ccc(-c2ccccc2Br)nn1. The fourth-order valence-electron chi connectivity index (χ4n) is 1.79. The van der Waals surface area contributed by atoms with E-state index in [1.54, 1.807) is 13.0 Å². The Morgan fingerprint density at radius 3 is 2.65 bits per heavy atom. The first-order valence-electron chi connectivity index (χ1n) is 6.13. The maximum atomic E-state index is 10.6. The molecule has 0 spiro atoms. The topological polar surface area (TPSA) is 75.1 Å². The number of anilines is 1. The van der Waals surface area contributed by atoms with Gasteiger partial charge in [-0.1, -0.05) is 34.1 Å². The third-order valence-electron chi connectivity index (χ3n) is 2.69. The molecule has 5 nitrogen and oxygen atoms in total. The van der Waals surface area contributed by atoms with Crippen LogP contribution in [0.25, 0.3) is 11.3 Å². The third kappa shape index (κ3) is 3.77. The van der Waals surface area contributed by atoms with Crippen molar-refractivity contribution in [3.05, 3.63) is 40.9 Å². The van der Waals surface area contributed by atoms with Crippen molar-refractivity contribution < 1.29 is 9.90 Å². The van der Waals surface area contributed by atoms with Crippen LogP contribution in [0.1, 0.15) is 13.3 Å². The average Bonchev–Trinajstić information content (AvgIpc) is 2.39. The van der Waals surface area contributed by atoms with E-state index in [0.717, 1.165) is 15.7 Å². The van der Waals surface area contributed by atoms with Crippen LogP contribution < -0.4 is 5.32 Å². The van der Waals surface area contributed by atoms with E-state index in [9.17, 15) is 4.79 Å². The van der Waals surface area contributed by atoms with Gasteiger partial charge in [-0.2, -0.15) is 0 Å². The summed E-state index contributed by atoms with van der Waals surface area (Å²) in [6.45, 7) is 1.79. The summed E-state index contributed by atoms with van der Waals surface area (Å²) >= 11 is 3.47. The molecule has 0 saturated heterocycles. The minimum absolute atomic E-state index is 0.0354. The van der Waals surface area contributed by atoms with Crippen LogP contribution in [0.4, 0.5) is 5.82 Å². The number of aromatic nitrogens is 2. The number of hydrogen-bond acceptors (Lipinski definition) is 4. The zero-order valence-electron chi connectivity index (χ0n) is 10.9. The number of aliphatic carboxylic acids is 1. The molecule has 2 rings (SSSR count). The second-order valence-corrected chi connectivity index (χ2v) is 5.28. The van der Waals surface area contributed by atoms with Crippen molar-refractivity contribution in [2.75, 3.05) is 5.32 Å². The monoisotopic (exact) mass is 335 g/mol. The first kappa shape index (κ1) is 14.5. The quantitative estimate of drug-likeness (QED) is 0.877. The van der Waals surface area contributed by atoms with Crippen LogP contribution in [-0.2, 0) is 4.79 Å². The molecule has 2 N–H and O–H groups in total. The first-order valence-corrected chi connectivity index (χ1v) is 6.92. The van der Waals surface area contributed by atoms with Gasteiger partial charge in [0, 0.05) is 16.1 Å². The van der Waals surface area contributed by atoms with Gasteiger partial charge in [0.25, 0.3) is 0 Å². The van der Waals surface area contributed by atoms with E-state index in [0.29, 0.717) is 5.82 Å². The molecule has 0 aliphatic rings. The van der Waals surface area contributed by atoms with Gasteiger partial charge in [-0.25, -0.2) is 0 Å². The van der Waals surface area contributed by atoms with Crippen LogP contribution in [0.5, 0.6) is 0 Å². The number of hydrogen-bond donors (Lipinski definition) is 2. The van der Waals surface area contributed by atoms with Crippen LogP contribution in [0, 0.1) is 0 Å². The van der Waals surface area contributed by atoms with Crippen molar-refractivity contribution >= 4 is 27.7 Å². The molecule has 0 saturated carbocycles. The number of carbonyl (C=O) groups is 1. The lowest BCUT2D eigenvalue weighted by molar-refractivity contribution is -0.137. The molecular formula is C14H14BrN3O2. The van der Waals surface area contributed by atoms with Gasteiger partial charge in [0.1, 0.15) is 5.82 Å². The first-order chi connectivity index (χ1) is 9.56. The lowest BCUT2D eigenvalue weighted by Crippen LogP contribution is -2.20. The van der Waals surface area contributed by atoms with E-state index >= 15 is 0 Å². The van der Waals surface area contributed by atoms with E-state index in [1.165, 1.54) is 0 Å². The van der Waals surface area contributed by atoms with Gasteiger partial charge in [-0.15, -0.1) is 10.2 Å². The number of nitrogens with one attached hydrogen (secondary N) is 1. The number of carboxylic acids is 1. The van der Waals surface area contributed by atoms with Gasteiger partial charge in [-0.3, -0.25) is 4.79 Å². The molecule has 20 heavy (non-hydrogen) atoms. The lowest BCUT2D eigenvalue weighted by atomic mass is 10.1. The highest BCUT2D eigenvalue weighted by Crippen LogP contribution is 2.26. The predicted molar refractivity (Wildman–Crippen MR) is 80.5 cm³/mol. The summed E-state index contributed by atoms with van der Waals surface area (Å²) in [6, 6.07) is 11.2. The van der Waals surface area contributed by atoms with Crippen LogP contribution >= 0.6 is 15.9 Å². The van der Waals surface area contributed by atoms with Gasteiger partial charge in [0.2, 0.25) is 0 Å².